The quantitative estimate of drug-likeness (QED) is 0.234. The number of ether oxygens (including phenoxy) is 1. The highest BCUT2D eigenvalue weighted by Gasteiger charge is 2.03. The van der Waals surface area contributed by atoms with Crippen LogP contribution in [-0.4, -0.2) is 37.8 Å². The molecule has 0 atom stereocenters. The minimum absolute atomic E-state index is 0. The highest BCUT2D eigenvalue weighted by Crippen LogP contribution is 2.26. The lowest BCUT2D eigenvalue weighted by molar-refractivity contribution is 0.373. The van der Waals surface area contributed by atoms with Gasteiger partial charge in [-0.05, 0) is 49.8 Å². The van der Waals surface area contributed by atoms with Crippen molar-refractivity contribution in [3.8, 4) is 11.5 Å². The first-order chi connectivity index (χ1) is 11.1. The first kappa shape index (κ1) is 22.8. The summed E-state index contributed by atoms with van der Waals surface area (Å²) < 4.78 is 5.13. The molecule has 0 aliphatic carbocycles. The molecule has 0 bridgehead atoms. The first-order valence-corrected chi connectivity index (χ1v) is 8.44. The van der Waals surface area contributed by atoms with Crippen LogP contribution in [0.15, 0.2) is 23.2 Å². The van der Waals surface area contributed by atoms with E-state index in [9.17, 15) is 5.11 Å². The number of phenolic OH excluding ortho intramolecular Hbond substituents is 1. The standard InChI is InChI=1S/C18H31N3O2.HI/c1-5-19-18(20-11-6-7-14(2)3)21-12-10-15-8-9-16(22)17(13-15)23-4;/h8-9,13-14,22H,5-7,10-12H2,1-4H3,(H2,19,20,21);1H. The summed E-state index contributed by atoms with van der Waals surface area (Å²) in [5.41, 5.74) is 1.11. The maximum atomic E-state index is 9.61. The fourth-order valence-corrected chi connectivity index (χ4v) is 2.23. The van der Waals surface area contributed by atoms with Crippen molar-refractivity contribution in [3.05, 3.63) is 23.8 Å². The lowest BCUT2D eigenvalue weighted by atomic mass is 10.1. The molecule has 5 nitrogen and oxygen atoms in total. The van der Waals surface area contributed by atoms with Crippen molar-refractivity contribution in [3.63, 3.8) is 0 Å². The number of nitrogens with one attached hydrogen (secondary N) is 2. The Hall–Kier alpha value is -1.18. The monoisotopic (exact) mass is 449 g/mol. The molecule has 1 aromatic rings. The van der Waals surface area contributed by atoms with E-state index < -0.39 is 0 Å². The molecule has 0 aliphatic rings. The van der Waals surface area contributed by atoms with Gasteiger partial charge in [0, 0.05) is 19.6 Å². The van der Waals surface area contributed by atoms with Gasteiger partial charge in [-0.15, -0.1) is 24.0 Å². The van der Waals surface area contributed by atoms with Crippen LogP contribution in [0.2, 0.25) is 0 Å². The Labute approximate surface area is 163 Å². The lowest BCUT2D eigenvalue weighted by Crippen LogP contribution is -2.38. The van der Waals surface area contributed by atoms with Gasteiger partial charge in [0.1, 0.15) is 0 Å². The van der Waals surface area contributed by atoms with Crippen LogP contribution in [0, 0.1) is 5.92 Å². The van der Waals surface area contributed by atoms with Gasteiger partial charge in [0.15, 0.2) is 17.5 Å². The van der Waals surface area contributed by atoms with Gasteiger partial charge in [0.05, 0.1) is 7.11 Å². The van der Waals surface area contributed by atoms with E-state index in [1.165, 1.54) is 6.42 Å². The number of hydrogen-bond donors (Lipinski definition) is 3. The maximum Gasteiger partial charge on any atom is 0.191 e. The van der Waals surface area contributed by atoms with Crippen molar-refractivity contribution in [2.24, 2.45) is 10.9 Å². The third-order valence-electron chi connectivity index (χ3n) is 3.50. The SMILES string of the molecule is CCNC(=NCCCC(C)C)NCCc1ccc(O)c(OC)c1.I. The number of rotatable bonds is 9. The van der Waals surface area contributed by atoms with Gasteiger partial charge in [0.2, 0.25) is 0 Å². The van der Waals surface area contributed by atoms with E-state index in [-0.39, 0.29) is 29.7 Å². The summed E-state index contributed by atoms with van der Waals surface area (Å²) in [4.78, 5) is 4.59. The maximum absolute atomic E-state index is 9.61. The Morgan fingerprint density at radius 2 is 2.04 bits per heavy atom. The molecule has 0 saturated carbocycles. The summed E-state index contributed by atoms with van der Waals surface area (Å²) in [7, 11) is 1.56. The third kappa shape index (κ3) is 9.20. The summed E-state index contributed by atoms with van der Waals surface area (Å²) in [6.07, 6.45) is 3.16. The van der Waals surface area contributed by atoms with E-state index in [1.807, 2.05) is 12.1 Å². The summed E-state index contributed by atoms with van der Waals surface area (Å²) in [5, 5.41) is 16.2. The number of guanidine groups is 1. The molecule has 0 unspecified atom stereocenters. The Morgan fingerprint density at radius 3 is 2.67 bits per heavy atom. The zero-order chi connectivity index (χ0) is 17.1. The van der Waals surface area contributed by atoms with Gasteiger partial charge in [-0.2, -0.15) is 0 Å². The third-order valence-corrected chi connectivity index (χ3v) is 3.50. The number of methoxy groups -OCH3 is 1. The summed E-state index contributed by atoms with van der Waals surface area (Å²) >= 11 is 0. The van der Waals surface area contributed by atoms with Crippen LogP contribution in [0.25, 0.3) is 0 Å². The van der Waals surface area contributed by atoms with Crippen molar-refractivity contribution in [1.29, 1.82) is 0 Å². The molecule has 0 radical (unpaired) electrons. The average molecular weight is 449 g/mol. The molecule has 0 aromatic heterocycles. The van der Waals surface area contributed by atoms with Crippen LogP contribution in [-0.2, 0) is 6.42 Å². The highest BCUT2D eigenvalue weighted by molar-refractivity contribution is 14.0. The highest BCUT2D eigenvalue weighted by atomic mass is 127. The number of aliphatic imine (C=N–C) groups is 1. The molecule has 6 heteroatoms. The van der Waals surface area contributed by atoms with Gasteiger partial charge in [-0.1, -0.05) is 19.9 Å². The largest absolute Gasteiger partial charge is 0.504 e. The molecule has 3 N–H and O–H groups in total. The van der Waals surface area contributed by atoms with E-state index in [0.717, 1.165) is 49.9 Å². The van der Waals surface area contributed by atoms with E-state index in [2.05, 4.69) is 36.4 Å². The number of benzene rings is 1. The van der Waals surface area contributed by atoms with Gasteiger partial charge in [0.25, 0.3) is 0 Å². The molecular weight excluding hydrogens is 417 g/mol. The number of aromatic hydroxyl groups is 1. The minimum atomic E-state index is 0. The number of nitrogens with zero attached hydrogens (tertiary/aromatic N) is 1. The smallest absolute Gasteiger partial charge is 0.191 e. The fraction of sp³-hybridized carbons (Fsp3) is 0.611. The van der Waals surface area contributed by atoms with Crippen LogP contribution < -0.4 is 15.4 Å². The van der Waals surface area contributed by atoms with Gasteiger partial charge in [-0.3, -0.25) is 4.99 Å². The van der Waals surface area contributed by atoms with Crippen LogP contribution in [0.3, 0.4) is 0 Å². The lowest BCUT2D eigenvalue weighted by Gasteiger charge is -2.12. The molecule has 138 valence electrons. The first-order valence-electron chi connectivity index (χ1n) is 8.44. The molecule has 0 aliphatic heterocycles. The Bertz CT molecular complexity index is 493. The second-order valence-corrected chi connectivity index (χ2v) is 5.98. The van der Waals surface area contributed by atoms with Crippen molar-refractivity contribution >= 4 is 29.9 Å². The summed E-state index contributed by atoms with van der Waals surface area (Å²) in [6.45, 7) is 9.02. The average Bonchev–Trinajstić information content (AvgIpc) is 2.52. The van der Waals surface area contributed by atoms with Gasteiger partial charge >= 0.3 is 0 Å². The van der Waals surface area contributed by atoms with Crippen LogP contribution in [0.4, 0.5) is 0 Å². The topological polar surface area (TPSA) is 65.9 Å². The van der Waals surface area contributed by atoms with Crippen molar-refractivity contribution < 1.29 is 9.84 Å². The summed E-state index contributed by atoms with van der Waals surface area (Å²) in [6, 6.07) is 5.44. The molecule has 0 heterocycles. The van der Waals surface area contributed by atoms with Gasteiger partial charge < -0.3 is 20.5 Å². The number of phenols is 1. The molecule has 1 rings (SSSR count). The van der Waals surface area contributed by atoms with Crippen molar-refractivity contribution in [2.75, 3.05) is 26.7 Å². The summed E-state index contributed by atoms with van der Waals surface area (Å²) in [5.74, 6) is 2.27. The molecule has 0 saturated heterocycles. The van der Waals surface area contributed by atoms with E-state index in [1.54, 1.807) is 13.2 Å². The molecule has 0 amide bonds. The second-order valence-electron chi connectivity index (χ2n) is 5.98. The van der Waals surface area contributed by atoms with Crippen LogP contribution in [0.5, 0.6) is 11.5 Å². The van der Waals surface area contributed by atoms with Crippen molar-refractivity contribution in [1.82, 2.24) is 10.6 Å². The molecule has 1 aromatic carbocycles. The van der Waals surface area contributed by atoms with E-state index in [4.69, 9.17) is 4.74 Å². The Kier molecular flexibility index (Phi) is 12.5. The second kappa shape index (κ2) is 13.1. The molecule has 24 heavy (non-hydrogen) atoms. The van der Waals surface area contributed by atoms with Gasteiger partial charge in [-0.25, -0.2) is 0 Å². The van der Waals surface area contributed by atoms with Crippen molar-refractivity contribution in [2.45, 2.75) is 40.0 Å². The Morgan fingerprint density at radius 1 is 1.29 bits per heavy atom. The number of halogens is 1. The van der Waals surface area contributed by atoms with Crippen LogP contribution in [0.1, 0.15) is 39.2 Å². The fourth-order valence-electron chi connectivity index (χ4n) is 2.23. The number of hydrogen-bond acceptors (Lipinski definition) is 3. The molecule has 0 fully saturated rings. The zero-order valence-corrected chi connectivity index (χ0v) is 17.6. The molecule has 0 spiro atoms. The Balaban J connectivity index is 0.00000529. The van der Waals surface area contributed by atoms with E-state index in [0.29, 0.717) is 5.75 Å². The normalized spacial score (nSPS) is 11.1. The van der Waals surface area contributed by atoms with E-state index >= 15 is 0 Å². The predicted octanol–water partition coefficient (Wildman–Crippen LogP) is 3.55. The zero-order valence-electron chi connectivity index (χ0n) is 15.3. The minimum Gasteiger partial charge on any atom is -0.504 e. The molecular formula is C18H32IN3O2. The van der Waals surface area contributed by atoms with Crippen LogP contribution >= 0.6 is 24.0 Å². The predicted molar refractivity (Wildman–Crippen MR) is 112 cm³/mol.